The first-order chi connectivity index (χ1) is 13.9. The fraction of sp³-hybridized carbons (Fsp3) is 0.273. The summed E-state index contributed by atoms with van der Waals surface area (Å²) < 4.78 is 15.9. The van der Waals surface area contributed by atoms with Crippen LogP contribution < -0.4 is 14.4 Å². The molecule has 0 N–H and O–H groups in total. The van der Waals surface area contributed by atoms with Crippen molar-refractivity contribution in [2.75, 3.05) is 11.7 Å². The van der Waals surface area contributed by atoms with Gasteiger partial charge in [0.2, 0.25) is 6.79 Å². The molecular weight excluding hydrogens is 394 g/mol. The van der Waals surface area contributed by atoms with Crippen LogP contribution in [0, 0.1) is 0 Å². The number of rotatable bonds is 4. The fourth-order valence-corrected chi connectivity index (χ4v) is 3.88. The molecule has 6 nitrogen and oxygen atoms in total. The molecule has 0 aromatic heterocycles. The lowest BCUT2D eigenvalue weighted by Gasteiger charge is -2.25. The highest BCUT2D eigenvalue weighted by Gasteiger charge is 2.34. The number of ether oxygens (including phenoxy) is 3. The number of hydrogen-bond donors (Lipinski definition) is 0. The maximum Gasteiger partial charge on any atom is 0.331 e. The van der Waals surface area contributed by atoms with Gasteiger partial charge in [-0.2, -0.15) is 0 Å². The lowest BCUT2D eigenvalue weighted by Crippen LogP contribution is -2.43. The van der Waals surface area contributed by atoms with Crippen LogP contribution in [0.15, 0.2) is 42.5 Å². The summed E-state index contributed by atoms with van der Waals surface area (Å²) >= 11 is 6.14. The van der Waals surface area contributed by atoms with Gasteiger partial charge in [-0.05, 0) is 55.7 Å². The van der Waals surface area contributed by atoms with Gasteiger partial charge in [0.25, 0.3) is 5.91 Å². The number of amides is 1. The Hall–Kier alpha value is -2.99. The van der Waals surface area contributed by atoms with E-state index in [0.29, 0.717) is 22.1 Å². The van der Waals surface area contributed by atoms with E-state index >= 15 is 0 Å². The van der Waals surface area contributed by atoms with Gasteiger partial charge in [0.05, 0.1) is 5.02 Å². The highest BCUT2D eigenvalue weighted by atomic mass is 35.5. The molecule has 7 heteroatoms. The van der Waals surface area contributed by atoms with Crippen LogP contribution in [0.2, 0.25) is 5.02 Å². The van der Waals surface area contributed by atoms with Gasteiger partial charge in [-0.1, -0.05) is 29.8 Å². The Morgan fingerprint density at radius 3 is 2.90 bits per heavy atom. The number of halogens is 1. The van der Waals surface area contributed by atoms with Gasteiger partial charge >= 0.3 is 5.97 Å². The van der Waals surface area contributed by atoms with Crippen molar-refractivity contribution in [3.8, 4) is 11.5 Å². The zero-order chi connectivity index (χ0) is 20.5. The fourth-order valence-electron chi connectivity index (χ4n) is 3.61. The van der Waals surface area contributed by atoms with E-state index < -0.39 is 12.1 Å². The molecule has 2 aliphatic heterocycles. The second-order valence-electron chi connectivity index (χ2n) is 7.04. The molecule has 0 spiro atoms. The van der Waals surface area contributed by atoms with Crippen molar-refractivity contribution in [2.24, 2.45) is 0 Å². The van der Waals surface area contributed by atoms with Gasteiger partial charge in [-0.3, -0.25) is 4.79 Å². The van der Waals surface area contributed by atoms with E-state index in [1.54, 1.807) is 30.0 Å². The van der Waals surface area contributed by atoms with Crippen molar-refractivity contribution >= 4 is 35.2 Å². The summed E-state index contributed by atoms with van der Waals surface area (Å²) in [6, 6.07) is 11.2. The summed E-state index contributed by atoms with van der Waals surface area (Å²) in [4.78, 5) is 26.8. The number of para-hydroxylation sites is 1. The number of esters is 1. The molecule has 2 atom stereocenters. The first-order valence-electron chi connectivity index (χ1n) is 9.33. The number of carbonyl (C=O) groups is 2. The third-order valence-electron chi connectivity index (χ3n) is 4.95. The summed E-state index contributed by atoms with van der Waals surface area (Å²) in [5.74, 6) is 0.163. The van der Waals surface area contributed by atoms with Crippen LogP contribution in [0.25, 0.3) is 6.08 Å². The molecule has 2 aliphatic rings. The molecule has 0 unspecified atom stereocenters. The molecule has 0 saturated carbocycles. The van der Waals surface area contributed by atoms with Crippen molar-refractivity contribution in [3.05, 3.63) is 58.6 Å². The molecule has 0 fully saturated rings. The minimum absolute atomic E-state index is 0.0207. The van der Waals surface area contributed by atoms with Crippen molar-refractivity contribution in [3.63, 3.8) is 0 Å². The van der Waals surface area contributed by atoms with Crippen molar-refractivity contribution in [1.82, 2.24) is 0 Å². The molecule has 1 amide bonds. The van der Waals surface area contributed by atoms with Gasteiger partial charge < -0.3 is 19.1 Å². The molecule has 2 aromatic rings. The zero-order valence-electron chi connectivity index (χ0n) is 16.1. The van der Waals surface area contributed by atoms with E-state index in [1.165, 1.54) is 6.08 Å². The van der Waals surface area contributed by atoms with Crippen LogP contribution in [-0.2, 0) is 20.7 Å². The topological polar surface area (TPSA) is 65.1 Å². The number of nitrogens with zero attached hydrogens (tertiary/aromatic N) is 1. The van der Waals surface area contributed by atoms with E-state index in [-0.39, 0.29) is 18.7 Å². The van der Waals surface area contributed by atoms with Crippen molar-refractivity contribution in [2.45, 2.75) is 32.4 Å². The zero-order valence-corrected chi connectivity index (χ0v) is 16.8. The summed E-state index contributed by atoms with van der Waals surface area (Å²) in [7, 11) is 0. The summed E-state index contributed by atoms with van der Waals surface area (Å²) in [6.45, 7) is 3.68. The van der Waals surface area contributed by atoms with Gasteiger partial charge in [0.15, 0.2) is 17.6 Å². The minimum Gasteiger partial charge on any atom is -0.454 e. The monoisotopic (exact) mass is 413 g/mol. The smallest absolute Gasteiger partial charge is 0.331 e. The lowest BCUT2D eigenvalue weighted by molar-refractivity contribution is -0.149. The maximum absolute atomic E-state index is 12.9. The number of benzene rings is 2. The van der Waals surface area contributed by atoms with E-state index in [0.717, 1.165) is 17.7 Å². The quantitative estimate of drug-likeness (QED) is 0.560. The van der Waals surface area contributed by atoms with Gasteiger partial charge in [-0.15, -0.1) is 0 Å². The molecule has 150 valence electrons. The molecule has 4 rings (SSSR count). The molecule has 2 aromatic carbocycles. The van der Waals surface area contributed by atoms with Gasteiger partial charge in [0.1, 0.15) is 0 Å². The Morgan fingerprint density at radius 2 is 2.07 bits per heavy atom. The third kappa shape index (κ3) is 3.80. The van der Waals surface area contributed by atoms with Crippen molar-refractivity contribution in [1.29, 1.82) is 0 Å². The van der Waals surface area contributed by atoms with E-state index in [9.17, 15) is 9.59 Å². The van der Waals surface area contributed by atoms with Gasteiger partial charge in [-0.25, -0.2) is 4.79 Å². The molecule has 2 heterocycles. The van der Waals surface area contributed by atoms with Crippen LogP contribution in [-0.4, -0.2) is 30.8 Å². The predicted octanol–water partition coefficient (Wildman–Crippen LogP) is 3.99. The third-order valence-corrected chi connectivity index (χ3v) is 5.23. The molecule has 0 bridgehead atoms. The maximum atomic E-state index is 12.9. The average molecular weight is 414 g/mol. The van der Waals surface area contributed by atoms with Crippen LogP contribution in [0.1, 0.15) is 25.0 Å². The van der Waals surface area contributed by atoms with E-state index in [1.807, 2.05) is 31.2 Å². The Labute approximate surface area is 173 Å². The molecule has 29 heavy (non-hydrogen) atoms. The summed E-state index contributed by atoms with van der Waals surface area (Å²) in [5.41, 5.74) is 2.65. The number of fused-ring (bicyclic) bond motifs is 2. The number of carbonyl (C=O) groups excluding carboxylic acids is 2. The average Bonchev–Trinajstić information content (AvgIpc) is 3.29. The highest BCUT2D eigenvalue weighted by Crippen LogP contribution is 2.40. The lowest BCUT2D eigenvalue weighted by atomic mass is 10.1. The Morgan fingerprint density at radius 1 is 1.28 bits per heavy atom. The van der Waals surface area contributed by atoms with Crippen LogP contribution >= 0.6 is 11.6 Å². The van der Waals surface area contributed by atoms with E-state index in [4.69, 9.17) is 25.8 Å². The van der Waals surface area contributed by atoms with Crippen LogP contribution in [0.4, 0.5) is 5.69 Å². The SMILES string of the molecule is C[C@H](OC(=O)/C=C/c1cc(Cl)c2c(c1)OCO2)C(=O)N1c2ccccc2C[C@@H]1C. The minimum atomic E-state index is -0.902. The Balaban J connectivity index is 1.42. The van der Waals surface area contributed by atoms with Crippen LogP contribution in [0.5, 0.6) is 11.5 Å². The Kier molecular flexibility index (Phi) is 5.20. The molecule has 0 aliphatic carbocycles. The predicted molar refractivity (Wildman–Crippen MR) is 109 cm³/mol. The van der Waals surface area contributed by atoms with E-state index in [2.05, 4.69) is 0 Å². The first kappa shape index (κ1) is 19.3. The standard InChI is InChI=1S/C22H20ClNO5/c1-13-9-16-5-3-4-6-18(16)24(13)22(26)14(2)29-20(25)8-7-15-10-17(23)21-19(11-15)27-12-28-21/h3-8,10-11,13-14H,9,12H2,1-2H3/b8-7+/t13-,14-/m0/s1. The number of hydrogen-bond acceptors (Lipinski definition) is 5. The highest BCUT2D eigenvalue weighted by molar-refractivity contribution is 6.32. The molecular formula is C22H20ClNO5. The Bertz CT molecular complexity index is 1000. The molecule has 0 saturated heterocycles. The second kappa shape index (κ2) is 7.79. The number of anilines is 1. The van der Waals surface area contributed by atoms with Crippen molar-refractivity contribution < 1.29 is 23.8 Å². The summed E-state index contributed by atoms with van der Waals surface area (Å²) in [5, 5.41) is 0.401. The normalized spacial score (nSPS) is 18.0. The first-order valence-corrected chi connectivity index (χ1v) is 9.70. The molecule has 0 radical (unpaired) electrons. The van der Waals surface area contributed by atoms with Crippen LogP contribution in [0.3, 0.4) is 0 Å². The largest absolute Gasteiger partial charge is 0.454 e. The summed E-state index contributed by atoms with van der Waals surface area (Å²) in [6.07, 6.45) is 2.70. The second-order valence-corrected chi connectivity index (χ2v) is 7.45. The van der Waals surface area contributed by atoms with Gasteiger partial charge in [0, 0.05) is 17.8 Å².